The van der Waals surface area contributed by atoms with Gasteiger partial charge < -0.3 is 16.6 Å². The predicted molar refractivity (Wildman–Crippen MR) is 118 cm³/mol. The summed E-state index contributed by atoms with van der Waals surface area (Å²) in [5, 5.41) is 18.7. The number of carboxylic acids is 1. The minimum Gasteiger partial charge on any atom is -0.481 e. The van der Waals surface area contributed by atoms with Gasteiger partial charge in [0, 0.05) is 23.4 Å². The van der Waals surface area contributed by atoms with Crippen LogP contribution in [0.2, 0.25) is 0 Å². The summed E-state index contributed by atoms with van der Waals surface area (Å²) in [5.41, 5.74) is 16.0. The number of nitriles is 1. The molecule has 0 amide bonds. The van der Waals surface area contributed by atoms with E-state index in [1.807, 2.05) is 24.3 Å². The fourth-order valence-electron chi connectivity index (χ4n) is 2.87. The molecule has 0 aliphatic heterocycles. The van der Waals surface area contributed by atoms with E-state index in [1.165, 1.54) is 11.8 Å². The van der Waals surface area contributed by atoms with Crippen molar-refractivity contribution >= 4 is 29.2 Å². The highest BCUT2D eigenvalue weighted by Crippen LogP contribution is 2.28. The van der Waals surface area contributed by atoms with E-state index in [9.17, 15) is 10.1 Å². The first-order chi connectivity index (χ1) is 14.5. The Morgan fingerprint density at radius 3 is 2.23 bits per heavy atom. The van der Waals surface area contributed by atoms with E-state index in [1.54, 1.807) is 24.3 Å². The average molecular weight is 420 g/mol. The van der Waals surface area contributed by atoms with Crippen LogP contribution in [0, 0.1) is 11.3 Å². The largest absolute Gasteiger partial charge is 0.481 e. The second-order valence-electron chi connectivity index (χ2n) is 6.66. The van der Waals surface area contributed by atoms with E-state index in [-0.39, 0.29) is 17.8 Å². The zero-order valence-electron chi connectivity index (χ0n) is 16.2. The predicted octanol–water partition coefficient (Wildman–Crippen LogP) is 3.53. The summed E-state index contributed by atoms with van der Waals surface area (Å²) >= 11 is 1.46. The molecule has 5 N–H and O–H groups in total. The number of rotatable bonds is 8. The Morgan fingerprint density at radius 1 is 1.00 bits per heavy atom. The normalized spacial score (nSPS) is 10.5. The molecule has 1 heterocycles. The van der Waals surface area contributed by atoms with E-state index in [0.29, 0.717) is 23.0 Å². The van der Waals surface area contributed by atoms with E-state index >= 15 is 0 Å². The molecule has 152 valence electrons. The van der Waals surface area contributed by atoms with Crippen LogP contribution in [0.5, 0.6) is 0 Å². The Kier molecular flexibility index (Phi) is 6.88. The Hall–Kier alpha value is -3.57. The summed E-state index contributed by atoms with van der Waals surface area (Å²) in [6.07, 6.45) is 1.45. The number of carboxylic acid groups (broad SMARTS) is 1. The Labute approximate surface area is 178 Å². The van der Waals surface area contributed by atoms with Crippen LogP contribution in [0.1, 0.15) is 23.1 Å². The number of aliphatic carboxylic acids is 1. The molecule has 0 fully saturated rings. The molecule has 0 spiro atoms. The second-order valence-corrected chi connectivity index (χ2v) is 7.72. The van der Waals surface area contributed by atoms with Gasteiger partial charge in [-0.15, -0.1) is 0 Å². The number of nitrogen functional groups attached to an aromatic ring is 2. The van der Waals surface area contributed by atoms with Gasteiger partial charge in [0.05, 0.1) is 5.69 Å². The van der Waals surface area contributed by atoms with Crippen molar-refractivity contribution < 1.29 is 9.90 Å². The molecule has 3 rings (SSSR count). The standard InChI is InChI=1S/C22H21N5O2S/c23-13-18-20(16-6-8-17(24)9-7-16)26-22(27-21(18)25)30-12-11-15-3-1-14(2-4-15)5-10-19(28)29/h1-4,6-9H,5,10-12,24H2,(H,28,29)(H2,25,26,27). The highest BCUT2D eigenvalue weighted by atomic mass is 32.2. The quantitative estimate of drug-likeness (QED) is 0.286. The number of benzene rings is 2. The van der Waals surface area contributed by atoms with Crippen molar-refractivity contribution in [2.75, 3.05) is 17.2 Å². The lowest BCUT2D eigenvalue weighted by atomic mass is 10.1. The fourth-order valence-corrected chi connectivity index (χ4v) is 3.70. The van der Waals surface area contributed by atoms with Crippen LogP contribution in [-0.2, 0) is 17.6 Å². The third kappa shape index (κ3) is 5.49. The van der Waals surface area contributed by atoms with Crippen LogP contribution in [0.4, 0.5) is 11.5 Å². The van der Waals surface area contributed by atoms with Crippen LogP contribution >= 0.6 is 11.8 Å². The molecule has 1 aromatic heterocycles. The number of hydrogen-bond donors (Lipinski definition) is 3. The Balaban J connectivity index is 1.68. The van der Waals surface area contributed by atoms with Gasteiger partial charge in [0.1, 0.15) is 17.5 Å². The topological polar surface area (TPSA) is 139 Å². The van der Waals surface area contributed by atoms with E-state index in [0.717, 1.165) is 28.9 Å². The lowest BCUT2D eigenvalue weighted by Gasteiger charge is -2.09. The lowest BCUT2D eigenvalue weighted by molar-refractivity contribution is -0.136. The number of thioether (sulfide) groups is 1. The third-order valence-corrected chi connectivity index (χ3v) is 5.33. The third-order valence-electron chi connectivity index (χ3n) is 4.48. The lowest BCUT2D eigenvalue weighted by Crippen LogP contribution is -2.03. The minimum atomic E-state index is -0.796. The van der Waals surface area contributed by atoms with Crippen molar-refractivity contribution in [3.8, 4) is 17.3 Å². The van der Waals surface area contributed by atoms with Crippen LogP contribution < -0.4 is 11.5 Å². The molecule has 7 nitrogen and oxygen atoms in total. The van der Waals surface area contributed by atoms with Crippen molar-refractivity contribution in [3.05, 3.63) is 65.2 Å². The number of hydrogen-bond acceptors (Lipinski definition) is 7. The molecule has 0 saturated heterocycles. The van der Waals surface area contributed by atoms with Gasteiger partial charge in [-0.25, -0.2) is 9.97 Å². The number of aryl methyl sites for hydroxylation is 2. The summed E-state index contributed by atoms with van der Waals surface area (Å²) in [4.78, 5) is 19.5. The Bertz CT molecular complexity index is 1080. The van der Waals surface area contributed by atoms with E-state index < -0.39 is 5.97 Å². The summed E-state index contributed by atoms with van der Waals surface area (Å²) < 4.78 is 0. The second kappa shape index (κ2) is 9.76. The number of nitrogens with zero attached hydrogens (tertiary/aromatic N) is 3. The summed E-state index contributed by atoms with van der Waals surface area (Å²) in [5.74, 6) is 0.0983. The van der Waals surface area contributed by atoms with Crippen molar-refractivity contribution in [2.24, 2.45) is 0 Å². The van der Waals surface area contributed by atoms with Gasteiger partial charge in [0.15, 0.2) is 5.16 Å². The Morgan fingerprint density at radius 2 is 1.63 bits per heavy atom. The molecule has 0 unspecified atom stereocenters. The number of carbonyl (C=O) groups is 1. The van der Waals surface area contributed by atoms with Crippen LogP contribution in [-0.4, -0.2) is 26.8 Å². The zero-order chi connectivity index (χ0) is 21.5. The molecular formula is C22H21N5O2S. The number of nitrogens with two attached hydrogens (primary N) is 2. The molecule has 0 atom stereocenters. The monoisotopic (exact) mass is 419 g/mol. The first-order valence-electron chi connectivity index (χ1n) is 9.32. The van der Waals surface area contributed by atoms with Gasteiger partial charge in [0.25, 0.3) is 0 Å². The zero-order valence-corrected chi connectivity index (χ0v) is 17.0. The maximum absolute atomic E-state index is 10.7. The highest BCUT2D eigenvalue weighted by molar-refractivity contribution is 7.99. The van der Waals surface area contributed by atoms with Crippen molar-refractivity contribution in [3.63, 3.8) is 0 Å². The van der Waals surface area contributed by atoms with Crippen LogP contribution in [0.3, 0.4) is 0 Å². The van der Waals surface area contributed by atoms with E-state index in [4.69, 9.17) is 16.6 Å². The number of aromatic nitrogens is 2. The van der Waals surface area contributed by atoms with Gasteiger partial charge in [0.2, 0.25) is 0 Å². The molecule has 0 bridgehead atoms. The molecule has 0 saturated carbocycles. The van der Waals surface area contributed by atoms with E-state index in [2.05, 4.69) is 16.0 Å². The molecule has 2 aromatic carbocycles. The fraction of sp³-hybridized carbons (Fsp3) is 0.182. The smallest absolute Gasteiger partial charge is 0.303 e. The van der Waals surface area contributed by atoms with Gasteiger partial charge in [-0.3, -0.25) is 4.79 Å². The van der Waals surface area contributed by atoms with Gasteiger partial charge in [-0.2, -0.15) is 5.26 Å². The summed E-state index contributed by atoms with van der Waals surface area (Å²) in [6, 6.07) is 17.1. The minimum absolute atomic E-state index is 0.128. The van der Waals surface area contributed by atoms with Crippen molar-refractivity contribution in [1.82, 2.24) is 9.97 Å². The summed E-state index contributed by atoms with van der Waals surface area (Å²) in [6.45, 7) is 0. The van der Waals surface area contributed by atoms with Crippen LogP contribution in [0.15, 0.2) is 53.7 Å². The first kappa shape index (κ1) is 21.1. The molecule has 0 aliphatic carbocycles. The maximum Gasteiger partial charge on any atom is 0.303 e. The summed E-state index contributed by atoms with van der Waals surface area (Å²) in [7, 11) is 0. The maximum atomic E-state index is 10.7. The molecule has 0 aliphatic rings. The van der Waals surface area contributed by atoms with Gasteiger partial charge in [-0.05, 0) is 36.1 Å². The first-order valence-corrected chi connectivity index (χ1v) is 10.3. The molecular weight excluding hydrogens is 398 g/mol. The average Bonchev–Trinajstić information content (AvgIpc) is 2.73. The molecule has 0 radical (unpaired) electrons. The molecule has 30 heavy (non-hydrogen) atoms. The van der Waals surface area contributed by atoms with Gasteiger partial charge in [-0.1, -0.05) is 48.2 Å². The van der Waals surface area contributed by atoms with Crippen molar-refractivity contribution in [1.29, 1.82) is 5.26 Å². The number of anilines is 2. The SMILES string of the molecule is N#Cc1c(N)nc(SCCc2ccc(CCC(=O)O)cc2)nc1-c1ccc(N)cc1. The van der Waals surface area contributed by atoms with Crippen molar-refractivity contribution in [2.45, 2.75) is 24.4 Å². The highest BCUT2D eigenvalue weighted by Gasteiger charge is 2.14. The van der Waals surface area contributed by atoms with Crippen LogP contribution in [0.25, 0.3) is 11.3 Å². The molecule has 8 heteroatoms. The van der Waals surface area contributed by atoms with Gasteiger partial charge >= 0.3 is 5.97 Å². The molecule has 3 aromatic rings.